The molecule has 4 aromatic heterocycles. The van der Waals surface area contributed by atoms with E-state index in [0.29, 0.717) is 22.3 Å². The number of fused-ring (bicyclic) bond motifs is 1. The lowest BCUT2D eigenvalue weighted by molar-refractivity contribution is 0.723. The van der Waals surface area contributed by atoms with Gasteiger partial charge in [-0.3, -0.25) is 9.36 Å². The minimum absolute atomic E-state index is 0.0570. The van der Waals surface area contributed by atoms with Crippen molar-refractivity contribution < 1.29 is 0 Å². The first kappa shape index (κ1) is 19.8. The summed E-state index contributed by atoms with van der Waals surface area (Å²) >= 11 is 4.52. The molecule has 0 aliphatic heterocycles. The summed E-state index contributed by atoms with van der Waals surface area (Å²) < 4.78 is 1.59. The maximum Gasteiger partial charge on any atom is 0.263 e. The molecule has 0 fully saturated rings. The average Bonchev–Trinajstić information content (AvgIpc) is 3.34. The number of rotatable bonds is 5. The van der Waals surface area contributed by atoms with Crippen LogP contribution < -0.4 is 16.2 Å². The quantitative estimate of drug-likeness (QED) is 0.368. The third-order valence-corrected chi connectivity index (χ3v) is 7.18. The monoisotopic (exact) mass is 445 g/mol. The predicted molar refractivity (Wildman–Crippen MR) is 121 cm³/mol. The van der Waals surface area contributed by atoms with Gasteiger partial charge in [-0.2, -0.15) is 15.0 Å². The van der Waals surface area contributed by atoms with Crippen molar-refractivity contribution in [3.8, 4) is 10.4 Å². The van der Waals surface area contributed by atoms with E-state index in [0.717, 1.165) is 15.3 Å². The molecule has 0 amide bonds. The molecule has 29 heavy (non-hydrogen) atoms. The normalized spacial score (nSPS) is 12.4. The molecule has 0 unspecified atom stereocenters. The second kappa shape index (κ2) is 7.73. The van der Waals surface area contributed by atoms with Crippen LogP contribution in [-0.2, 0) is 7.05 Å². The molecule has 4 heterocycles. The molecule has 0 aromatic carbocycles. The standard InChI is InChI=1S/C18H19N7OS3/c1-9(13-20-16(19)23-17(21-13)24(2)3)29-18-22-14-12(15(26)25(18)4)10(8-28-14)11-6-5-7-27-11/h5-9H,1-4H3,(H2,19,20,21,23)/t9-/m1/s1. The molecule has 4 aromatic rings. The smallest absolute Gasteiger partial charge is 0.263 e. The van der Waals surface area contributed by atoms with Crippen molar-refractivity contribution in [2.75, 3.05) is 24.7 Å². The summed E-state index contributed by atoms with van der Waals surface area (Å²) in [6.07, 6.45) is 0. The van der Waals surface area contributed by atoms with Crippen molar-refractivity contribution in [3.63, 3.8) is 0 Å². The number of hydrogen-bond acceptors (Lipinski definition) is 10. The molecular formula is C18H19N7OS3. The predicted octanol–water partition coefficient (Wildman–Crippen LogP) is 3.41. The van der Waals surface area contributed by atoms with E-state index in [9.17, 15) is 4.79 Å². The summed E-state index contributed by atoms with van der Waals surface area (Å²) in [7, 11) is 5.43. The highest BCUT2D eigenvalue weighted by atomic mass is 32.2. The van der Waals surface area contributed by atoms with Gasteiger partial charge in [-0.25, -0.2) is 4.98 Å². The van der Waals surface area contributed by atoms with Crippen LogP contribution >= 0.6 is 34.4 Å². The first-order chi connectivity index (χ1) is 13.8. The van der Waals surface area contributed by atoms with E-state index in [4.69, 9.17) is 10.7 Å². The molecule has 150 valence electrons. The zero-order chi connectivity index (χ0) is 20.7. The van der Waals surface area contributed by atoms with E-state index in [1.54, 1.807) is 27.9 Å². The summed E-state index contributed by atoms with van der Waals surface area (Å²) in [6.45, 7) is 1.96. The number of nitrogen functional groups attached to an aromatic ring is 1. The molecule has 0 saturated carbocycles. The van der Waals surface area contributed by atoms with Crippen molar-refractivity contribution in [1.29, 1.82) is 0 Å². The number of thioether (sulfide) groups is 1. The Balaban J connectivity index is 1.72. The molecular weight excluding hydrogens is 426 g/mol. The third kappa shape index (κ3) is 3.72. The van der Waals surface area contributed by atoms with E-state index < -0.39 is 0 Å². The zero-order valence-electron chi connectivity index (χ0n) is 16.3. The first-order valence-corrected chi connectivity index (χ1v) is 11.4. The van der Waals surface area contributed by atoms with E-state index in [-0.39, 0.29) is 16.8 Å². The molecule has 0 aliphatic carbocycles. The largest absolute Gasteiger partial charge is 0.368 e. The molecule has 0 aliphatic rings. The molecule has 0 saturated heterocycles. The van der Waals surface area contributed by atoms with E-state index in [1.807, 2.05) is 43.9 Å². The van der Waals surface area contributed by atoms with Crippen LogP contribution in [0, 0.1) is 0 Å². The van der Waals surface area contributed by atoms with Crippen LogP contribution in [0.2, 0.25) is 0 Å². The number of nitrogens with zero attached hydrogens (tertiary/aromatic N) is 6. The van der Waals surface area contributed by atoms with E-state index in [2.05, 4.69) is 15.0 Å². The van der Waals surface area contributed by atoms with Gasteiger partial charge in [0.25, 0.3) is 5.56 Å². The lowest BCUT2D eigenvalue weighted by Gasteiger charge is -2.15. The van der Waals surface area contributed by atoms with Gasteiger partial charge in [0.15, 0.2) is 5.16 Å². The molecule has 0 radical (unpaired) electrons. The number of anilines is 2. The maximum absolute atomic E-state index is 13.1. The number of aromatic nitrogens is 5. The fourth-order valence-electron chi connectivity index (χ4n) is 2.76. The fraction of sp³-hybridized carbons (Fsp3) is 0.278. The van der Waals surface area contributed by atoms with Crippen molar-refractivity contribution in [3.05, 3.63) is 39.1 Å². The fourth-order valence-corrected chi connectivity index (χ4v) is 5.48. The van der Waals surface area contributed by atoms with Gasteiger partial charge in [0.1, 0.15) is 10.7 Å². The second-order valence-electron chi connectivity index (χ2n) is 6.57. The topological polar surface area (TPSA) is 103 Å². The van der Waals surface area contributed by atoms with Gasteiger partial charge in [-0.05, 0) is 18.4 Å². The number of hydrogen-bond donors (Lipinski definition) is 1. The van der Waals surface area contributed by atoms with Crippen molar-refractivity contribution in [2.45, 2.75) is 17.3 Å². The molecule has 0 bridgehead atoms. The Morgan fingerprint density at radius 3 is 2.69 bits per heavy atom. The van der Waals surface area contributed by atoms with Crippen LogP contribution in [0.1, 0.15) is 18.0 Å². The highest BCUT2D eigenvalue weighted by Crippen LogP contribution is 2.37. The van der Waals surface area contributed by atoms with E-state index in [1.165, 1.54) is 23.1 Å². The highest BCUT2D eigenvalue weighted by molar-refractivity contribution is 7.99. The van der Waals surface area contributed by atoms with Crippen LogP contribution in [0.15, 0.2) is 32.8 Å². The molecule has 4 rings (SSSR count). The van der Waals surface area contributed by atoms with Gasteiger partial charge >= 0.3 is 0 Å². The minimum atomic E-state index is -0.161. The van der Waals surface area contributed by atoms with Crippen LogP contribution in [-0.4, -0.2) is 38.6 Å². The summed E-state index contributed by atoms with van der Waals surface area (Å²) in [4.78, 5) is 34.3. The van der Waals surface area contributed by atoms with Gasteiger partial charge in [-0.1, -0.05) is 17.8 Å². The van der Waals surface area contributed by atoms with Gasteiger partial charge in [0.2, 0.25) is 11.9 Å². The maximum atomic E-state index is 13.1. The molecule has 8 nitrogen and oxygen atoms in total. The van der Waals surface area contributed by atoms with Gasteiger partial charge in [0.05, 0.1) is 10.6 Å². The summed E-state index contributed by atoms with van der Waals surface area (Å²) in [5.74, 6) is 1.21. The molecule has 2 N–H and O–H groups in total. The Kier molecular flexibility index (Phi) is 5.28. The van der Waals surface area contributed by atoms with Crippen molar-refractivity contribution in [2.24, 2.45) is 7.05 Å². The highest BCUT2D eigenvalue weighted by Gasteiger charge is 2.20. The Hall–Kier alpha value is -2.50. The Morgan fingerprint density at radius 2 is 2.00 bits per heavy atom. The summed E-state index contributed by atoms with van der Waals surface area (Å²) in [5.41, 5.74) is 6.73. The number of thiophene rings is 2. The van der Waals surface area contributed by atoms with E-state index >= 15 is 0 Å². The van der Waals surface area contributed by atoms with Crippen LogP contribution in [0.3, 0.4) is 0 Å². The summed E-state index contributed by atoms with van der Waals surface area (Å²) in [6, 6.07) is 4.00. The van der Waals surface area contributed by atoms with Gasteiger partial charge < -0.3 is 10.6 Å². The molecule has 1 atom stereocenters. The van der Waals surface area contributed by atoms with Crippen LogP contribution in [0.4, 0.5) is 11.9 Å². The first-order valence-electron chi connectivity index (χ1n) is 8.72. The third-order valence-electron chi connectivity index (χ3n) is 4.26. The van der Waals surface area contributed by atoms with Crippen molar-refractivity contribution >= 4 is 56.5 Å². The Labute approximate surface area is 179 Å². The lowest BCUT2D eigenvalue weighted by Crippen LogP contribution is -2.20. The summed E-state index contributed by atoms with van der Waals surface area (Å²) in [5, 5.41) is 5.12. The van der Waals surface area contributed by atoms with Crippen LogP contribution in [0.5, 0.6) is 0 Å². The number of nitrogens with two attached hydrogens (primary N) is 1. The molecule has 0 spiro atoms. The second-order valence-corrected chi connectivity index (χ2v) is 9.69. The van der Waals surface area contributed by atoms with Gasteiger partial charge in [0, 0.05) is 37.0 Å². The Bertz CT molecular complexity index is 1230. The zero-order valence-corrected chi connectivity index (χ0v) is 18.7. The van der Waals surface area contributed by atoms with Gasteiger partial charge in [-0.15, -0.1) is 22.7 Å². The minimum Gasteiger partial charge on any atom is -0.368 e. The van der Waals surface area contributed by atoms with Crippen LogP contribution in [0.25, 0.3) is 20.7 Å². The SMILES string of the molecule is C[C@@H](Sc1nc2scc(-c3cccs3)c2c(=O)n1C)c1nc(N)nc(N(C)C)n1. The lowest BCUT2D eigenvalue weighted by atomic mass is 10.2. The van der Waals surface area contributed by atoms with Crippen molar-refractivity contribution in [1.82, 2.24) is 24.5 Å². The molecule has 11 heteroatoms. The Morgan fingerprint density at radius 1 is 1.21 bits per heavy atom. The average molecular weight is 446 g/mol.